The summed E-state index contributed by atoms with van der Waals surface area (Å²) in [4.78, 5) is 11.3. The lowest BCUT2D eigenvalue weighted by Crippen LogP contribution is -2.36. The van der Waals surface area contributed by atoms with Crippen LogP contribution in [0, 0.1) is 0 Å². The third-order valence-corrected chi connectivity index (χ3v) is 4.65. The molecule has 1 heterocycles. The molecule has 118 valence electrons. The zero-order chi connectivity index (χ0) is 14.8. The van der Waals surface area contributed by atoms with E-state index in [0.717, 1.165) is 13.0 Å². The second-order valence-electron chi connectivity index (χ2n) is 4.54. The Morgan fingerprint density at radius 2 is 2.19 bits per heavy atom. The molecule has 1 unspecified atom stereocenters. The number of primary amides is 1. The average molecular weight is 336 g/mol. The van der Waals surface area contributed by atoms with Crippen molar-refractivity contribution in [3.05, 3.63) is 23.8 Å². The molecule has 1 amide bonds. The lowest BCUT2D eigenvalue weighted by Gasteiger charge is -2.13. The van der Waals surface area contributed by atoms with Crippen molar-refractivity contribution < 1.29 is 17.9 Å². The third-order valence-electron chi connectivity index (χ3n) is 3.13. The summed E-state index contributed by atoms with van der Waals surface area (Å²) in [7, 11) is -2.29. The van der Waals surface area contributed by atoms with Gasteiger partial charge in [-0.15, -0.1) is 12.4 Å². The number of nitrogens with two attached hydrogens (primary N) is 1. The summed E-state index contributed by atoms with van der Waals surface area (Å²) >= 11 is 0. The molecule has 0 spiro atoms. The summed E-state index contributed by atoms with van der Waals surface area (Å²) in [5, 5.41) is 3.07. The Bertz CT molecular complexity index is 615. The Morgan fingerprint density at radius 3 is 2.71 bits per heavy atom. The Balaban J connectivity index is 0.00000220. The van der Waals surface area contributed by atoms with Gasteiger partial charge in [-0.3, -0.25) is 4.79 Å². The third kappa shape index (κ3) is 4.07. The largest absolute Gasteiger partial charge is 0.496 e. The topological polar surface area (TPSA) is 111 Å². The first-order valence-corrected chi connectivity index (χ1v) is 7.63. The van der Waals surface area contributed by atoms with Crippen LogP contribution in [-0.4, -0.2) is 40.6 Å². The summed E-state index contributed by atoms with van der Waals surface area (Å²) < 4.78 is 32.0. The Labute approximate surface area is 129 Å². The van der Waals surface area contributed by atoms with Crippen molar-refractivity contribution in [3.63, 3.8) is 0 Å². The fourth-order valence-electron chi connectivity index (χ4n) is 2.09. The van der Waals surface area contributed by atoms with Crippen LogP contribution in [0.5, 0.6) is 5.75 Å². The van der Waals surface area contributed by atoms with Crippen molar-refractivity contribution in [1.29, 1.82) is 0 Å². The van der Waals surface area contributed by atoms with E-state index in [1.165, 1.54) is 25.3 Å². The van der Waals surface area contributed by atoms with Crippen LogP contribution >= 0.6 is 12.4 Å². The molecule has 7 nitrogen and oxygen atoms in total. The Hall–Kier alpha value is -1.35. The summed E-state index contributed by atoms with van der Waals surface area (Å²) in [6, 6.07) is 3.89. The zero-order valence-corrected chi connectivity index (χ0v) is 13.1. The summed E-state index contributed by atoms with van der Waals surface area (Å²) in [5.41, 5.74) is 5.26. The van der Waals surface area contributed by atoms with Crippen LogP contribution in [0.3, 0.4) is 0 Å². The normalized spacial score (nSPS) is 18.0. The highest BCUT2D eigenvalue weighted by Crippen LogP contribution is 2.22. The van der Waals surface area contributed by atoms with E-state index in [2.05, 4.69) is 10.0 Å². The van der Waals surface area contributed by atoms with Gasteiger partial charge in [0.2, 0.25) is 10.0 Å². The number of benzene rings is 1. The number of methoxy groups -OCH3 is 1. The number of ether oxygens (including phenoxy) is 1. The number of rotatable bonds is 5. The van der Waals surface area contributed by atoms with Gasteiger partial charge in [-0.25, -0.2) is 13.1 Å². The molecule has 0 aliphatic carbocycles. The second-order valence-corrected chi connectivity index (χ2v) is 6.25. The Morgan fingerprint density at radius 1 is 1.48 bits per heavy atom. The molecule has 0 saturated carbocycles. The van der Waals surface area contributed by atoms with E-state index in [1.54, 1.807) is 0 Å². The maximum absolute atomic E-state index is 12.2. The maximum Gasteiger partial charge on any atom is 0.252 e. The molecule has 1 saturated heterocycles. The Kier molecular flexibility index (Phi) is 5.97. The van der Waals surface area contributed by atoms with Crippen molar-refractivity contribution in [2.24, 2.45) is 5.73 Å². The first kappa shape index (κ1) is 17.7. The van der Waals surface area contributed by atoms with Crippen molar-refractivity contribution in [2.45, 2.75) is 17.4 Å². The summed E-state index contributed by atoms with van der Waals surface area (Å²) in [5.74, 6) is -0.486. The quantitative estimate of drug-likeness (QED) is 0.693. The highest BCUT2D eigenvalue weighted by atomic mass is 35.5. The number of halogens is 1. The molecule has 9 heteroatoms. The lowest BCUT2D eigenvalue weighted by atomic mass is 10.2. The number of hydrogen-bond acceptors (Lipinski definition) is 5. The summed E-state index contributed by atoms with van der Waals surface area (Å²) in [6.07, 6.45) is 0.734. The lowest BCUT2D eigenvalue weighted by molar-refractivity contribution is 0.0997. The van der Waals surface area contributed by atoms with Gasteiger partial charge in [0.1, 0.15) is 5.75 Å². The van der Waals surface area contributed by atoms with Gasteiger partial charge in [-0.2, -0.15) is 0 Å². The summed E-state index contributed by atoms with van der Waals surface area (Å²) in [6.45, 7) is 1.38. The van der Waals surface area contributed by atoms with Crippen LogP contribution in [0.2, 0.25) is 0 Å². The van der Waals surface area contributed by atoms with E-state index < -0.39 is 15.9 Å². The molecule has 1 aliphatic heterocycles. The first-order chi connectivity index (χ1) is 9.44. The minimum absolute atomic E-state index is 0. The van der Waals surface area contributed by atoms with Gasteiger partial charge in [0.15, 0.2) is 0 Å². The van der Waals surface area contributed by atoms with Crippen molar-refractivity contribution in [3.8, 4) is 5.75 Å². The maximum atomic E-state index is 12.2. The number of amides is 1. The van der Waals surface area contributed by atoms with Crippen LogP contribution in [0.15, 0.2) is 23.1 Å². The first-order valence-electron chi connectivity index (χ1n) is 6.15. The molecule has 1 aromatic rings. The second kappa shape index (κ2) is 7.08. The molecule has 0 bridgehead atoms. The average Bonchev–Trinajstić information content (AvgIpc) is 2.89. The predicted octanol–water partition coefficient (Wildman–Crippen LogP) is -0.144. The number of carbonyl (C=O) groups is 1. The molecule has 0 aromatic heterocycles. The van der Waals surface area contributed by atoms with Crippen LogP contribution in [-0.2, 0) is 10.0 Å². The van der Waals surface area contributed by atoms with Gasteiger partial charge < -0.3 is 15.8 Å². The minimum atomic E-state index is -3.68. The fourth-order valence-corrected chi connectivity index (χ4v) is 3.39. The minimum Gasteiger partial charge on any atom is -0.496 e. The van der Waals surface area contributed by atoms with Crippen LogP contribution in [0.4, 0.5) is 0 Å². The highest BCUT2D eigenvalue weighted by molar-refractivity contribution is 7.89. The molecule has 2 rings (SSSR count). The number of nitrogens with one attached hydrogen (secondary N) is 2. The van der Waals surface area contributed by atoms with Crippen LogP contribution < -0.4 is 20.5 Å². The van der Waals surface area contributed by atoms with Gasteiger partial charge in [0.05, 0.1) is 17.6 Å². The smallest absolute Gasteiger partial charge is 0.252 e. The van der Waals surface area contributed by atoms with E-state index in [1.807, 2.05) is 0 Å². The molecular weight excluding hydrogens is 318 g/mol. The van der Waals surface area contributed by atoms with Crippen molar-refractivity contribution in [2.75, 3.05) is 20.2 Å². The van der Waals surface area contributed by atoms with Crippen LogP contribution in [0.1, 0.15) is 16.8 Å². The molecule has 0 radical (unpaired) electrons. The van der Waals surface area contributed by atoms with E-state index in [0.29, 0.717) is 6.54 Å². The number of carbonyl (C=O) groups excluding carboxylic acids is 1. The van der Waals surface area contributed by atoms with Crippen molar-refractivity contribution in [1.82, 2.24) is 10.0 Å². The van der Waals surface area contributed by atoms with Crippen LogP contribution in [0.25, 0.3) is 0 Å². The molecule has 1 atom stereocenters. The fraction of sp³-hybridized carbons (Fsp3) is 0.417. The molecule has 1 fully saturated rings. The van der Waals surface area contributed by atoms with Gasteiger partial charge in [0, 0.05) is 12.6 Å². The SMILES string of the molecule is COc1ccc(S(=O)(=O)NC2CCNC2)cc1C(N)=O.Cl. The van der Waals surface area contributed by atoms with Gasteiger partial charge in [-0.05, 0) is 31.2 Å². The highest BCUT2D eigenvalue weighted by Gasteiger charge is 2.24. The molecule has 1 aromatic carbocycles. The van der Waals surface area contributed by atoms with Crippen molar-refractivity contribution >= 4 is 28.3 Å². The van der Waals surface area contributed by atoms with Gasteiger partial charge in [0.25, 0.3) is 5.91 Å². The van der Waals surface area contributed by atoms with E-state index in [4.69, 9.17) is 10.5 Å². The molecular formula is C12H18ClN3O4S. The number of hydrogen-bond donors (Lipinski definition) is 3. The standard InChI is InChI=1S/C12H17N3O4S.ClH/c1-19-11-3-2-9(6-10(11)12(13)16)20(17,18)15-8-4-5-14-7-8;/h2-3,6,8,14-15H,4-5,7H2,1H3,(H2,13,16);1H. The molecule has 21 heavy (non-hydrogen) atoms. The predicted molar refractivity (Wildman–Crippen MR) is 80.4 cm³/mol. The van der Waals surface area contributed by atoms with E-state index >= 15 is 0 Å². The molecule has 1 aliphatic rings. The van der Waals surface area contributed by atoms with Gasteiger partial charge >= 0.3 is 0 Å². The zero-order valence-electron chi connectivity index (χ0n) is 11.5. The molecule has 4 N–H and O–H groups in total. The monoisotopic (exact) mass is 335 g/mol. The number of sulfonamides is 1. The van der Waals surface area contributed by atoms with E-state index in [9.17, 15) is 13.2 Å². The van der Waals surface area contributed by atoms with Gasteiger partial charge in [-0.1, -0.05) is 0 Å². The van der Waals surface area contributed by atoms with E-state index in [-0.39, 0.29) is 34.7 Å².